The summed E-state index contributed by atoms with van der Waals surface area (Å²) < 4.78 is 19.0. The van der Waals surface area contributed by atoms with Gasteiger partial charge >= 0.3 is 0 Å². The first-order chi connectivity index (χ1) is 8.61. The topological polar surface area (TPSA) is 32.7 Å². The van der Waals surface area contributed by atoms with Crippen LogP contribution >= 0.6 is 0 Å². The quantitative estimate of drug-likeness (QED) is 0.897. The van der Waals surface area contributed by atoms with Crippen molar-refractivity contribution in [2.75, 3.05) is 20.2 Å². The van der Waals surface area contributed by atoms with E-state index in [0.29, 0.717) is 17.9 Å². The minimum Gasteiger partial charge on any atom is -0.497 e. The minimum atomic E-state index is -0.289. The second kappa shape index (κ2) is 5.67. The fraction of sp³-hybridized carbons (Fsp3) is 0.571. The van der Waals surface area contributed by atoms with E-state index in [1.54, 1.807) is 12.1 Å². The van der Waals surface area contributed by atoms with E-state index < -0.39 is 0 Å². The number of aliphatic hydroxyl groups is 1. The van der Waals surface area contributed by atoms with Gasteiger partial charge < -0.3 is 9.84 Å². The number of hydrogen-bond donors (Lipinski definition) is 1. The number of halogens is 1. The summed E-state index contributed by atoms with van der Waals surface area (Å²) in [5.74, 6) is 0.282. The zero-order valence-corrected chi connectivity index (χ0v) is 10.9. The molecule has 18 heavy (non-hydrogen) atoms. The van der Waals surface area contributed by atoms with Crippen molar-refractivity contribution in [3.63, 3.8) is 0 Å². The van der Waals surface area contributed by atoms with Crippen LogP contribution < -0.4 is 4.74 Å². The van der Waals surface area contributed by atoms with Gasteiger partial charge in [0.25, 0.3) is 0 Å². The molecule has 100 valence electrons. The fourth-order valence-corrected chi connectivity index (χ4v) is 2.51. The number of aliphatic hydroxyl groups excluding tert-OH is 1. The molecule has 0 unspecified atom stereocenters. The van der Waals surface area contributed by atoms with Crippen molar-refractivity contribution < 1.29 is 14.2 Å². The van der Waals surface area contributed by atoms with Crippen LogP contribution in [-0.4, -0.2) is 36.3 Å². The second-order valence-corrected chi connectivity index (χ2v) is 4.85. The molecule has 0 amide bonds. The molecule has 0 saturated carbocycles. The number of likely N-dealkylation sites (tertiary alicyclic amines) is 1. The average Bonchev–Trinajstić information content (AvgIpc) is 2.37. The van der Waals surface area contributed by atoms with Gasteiger partial charge in [-0.25, -0.2) is 4.39 Å². The molecule has 1 aromatic carbocycles. The molecule has 0 aliphatic carbocycles. The molecular formula is C14H20FNO2. The third-order valence-corrected chi connectivity index (χ3v) is 3.63. The first-order valence-electron chi connectivity index (χ1n) is 6.37. The first kappa shape index (κ1) is 13.3. The van der Waals surface area contributed by atoms with Crippen LogP contribution in [0.15, 0.2) is 18.2 Å². The van der Waals surface area contributed by atoms with E-state index in [4.69, 9.17) is 4.74 Å². The number of benzene rings is 1. The zero-order valence-electron chi connectivity index (χ0n) is 10.9. The number of β-amino-alcohol motifs (C(OH)–C–C–N with tert-alkyl or cyclic N) is 1. The van der Waals surface area contributed by atoms with Gasteiger partial charge in [0.15, 0.2) is 0 Å². The van der Waals surface area contributed by atoms with E-state index in [-0.39, 0.29) is 18.0 Å². The molecule has 3 nitrogen and oxygen atoms in total. The van der Waals surface area contributed by atoms with Crippen LogP contribution in [0.2, 0.25) is 0 Å². The molecule has 1 aliphatic rings. The Kier molecular flexibility index (Phi) is 4.19. The molecule has 1 saturated heterocycles. The Labute approximate surface area is 107 Å². The smallest absolute Gasteiger partial charge is 0.131 e. The van der Waals surface area contributed by atoms with Crippen LogP contribution in [0.3, 0.4) is 0 Å². The normalized spacial score (nSPS) is 22.8. The predicted octanol–water partition coefficient (Wildman–Crippen LogP) is 2.35. The van der Waals surface area contributed by atoms with Gasteiger partial charge in [0.2, 0.25) is 0 Å². The highest BCUT2D eigenvalue weighted by atomic mass is 19.1. The molecule has 0 bridgehead atoms. The van der Waals surface area contributed by atoms with Crippen LogP contribution in [0.5, 0.6) is 5.75 Å². The molecule has 1 heterocycles. The second-order valence-electron chi connectivity index (χ2n) is 4.85. The van der Waals surface area contributed by atoms with E-state index >= 15 is 0 Å². The number of methoxy groups -OCH3 is 1. The SMILES string of the molecule is COc1ccc([C@@H](C)N2CCC[C@H](O)C2)c(F)c1. The van der Waals surface area contributed by atoms with Crippen molar-refractivity contribution in [1.29, 1.82) is 0 Å². The maximum Gasteiger partial charge on any atom is 0.131 e. The molecular weight excluding hydrogens is 233 g/mol. The van der Waals surface area contributed by atoms with Gasteiger partial charge in [-0.2, -0.15) is 0 Å². The van der Waals surface area contributed by atoms with Crippen molar-refractivity contribution in [2.24, 2.45) is 0 Å². The summed E-state index contributed by atoms with van der Waals surface area (Å²) in [5, 5.41) is 9.67. The lowest BCUT2D eigenvalue weighted by Gasteiger charge is -2.35. The van der Waals surface area contributed by atoms with Crippen LogP contribution in [0.4, 0.5) is 4.39 Å². The Bertz CT molecular complexity index is 411. The van der Waals surface area contributed by atoms with Gasteiger partial charge in [0.05, 0.1) is 13.2 Å². The van der Waals surface area contributed by atoms with Crippen molar-refractivity contribution in [1.82, 2.24) is 4.90 Å². The maximum absolute atomic E-state index is 14.0. The van der Waals surface area contributed by atoms with Gasteiger partial charge in [-0.15, -0.1) is 0 Å². The van der Waals surface area contributed by atoms with Crippen LogP contribution in [0, 0.1) is 5.82 Å². The number of ether oxygens (including phenoxy) is 1. The van der Waals surface area contributed by atoms with Crippen molar-refractivity contribution in [3.8, 4) is 5.75 Å². The summed E-state index contributed by atoms with van der Waals surface area (Å²) in [7, 11) is 1.53. The fourth-order valence-electron chi connectivity index (χ4n) is 2.51. The number of piperidine rings is 1. The van der Waals surface area contributed by atoms with Gasteiger partial charge in [0.1, 0.15) is 11.6 Å². The molecule has 0 aromatic heterocycles. The minimum absolute atomic E-state index is 0.0224. The molecule has 1 fully saturated rings. The van der Waals surface area contributed by atoms with Crippen LogP contribution in [-0.2, 0) is 0 Å². The maximum atomic E-state index is 14.0. The van der Waals surface area contributed by atoms with Gasteiger partial charge in [-0.05, 0) is 32.4 Å². The lowest BCUT2D eigenvalue weighted by molar-refractivity contribution is 0.0495. The van der Waals surface area contributed by atoms with Crippen molar-refractivity contribution in [3.05, 3.63) is 29.6 Å². The Hall–Kier alpha value is -1.13. The summed E-state index contributed by atoms with van der Waals surface area (Å²) >= 11 is 0. The van der Waals surface area contributed by atoms with E-state index in [0.717, 1.165) is 19.4 Å². The summed E-state index contributed by atoms with van der Waals surface area (Å²) in [6.07, 6.45) is 1.51. The summed E-state index contributed by atoms with van der Waals surface area (Å²) in [4.78, 5) is 2.12. The van der Waals surface area contributed by atoms with E-state index in [9.17, 15) is 9.50 Å². The van der Waals surface area contributed by atoms with Crippen molar-refractivity contribution in [2.45, 2.75) is 31.9 Å². The number of hydrogen-bond acceptors (Lipinski definition) is 3. The van der Waals surface area contributed by atoms with E-state index in [1.165, 1.54) is 13.2 Å². The molecule has 2 rings (SSSR count). The zero-order chi connectivity index (χ0) is 13.1. The molecule has 0 radical (unpaired) electrons. The number of rotatable bonds is 3. The highest BCUT2D eigenvalue weighted by molar-refractivity contribution is 5.30. The van der Waals surface area contributed by atoms with Gasteiger partial charge in [-0.1, -0.05) is 6.07 Å². The summed E-state index contributed by atoms with van der Waals surface area (Å²) in [5.41, 5.74) is 0.657. The molecule has 1 aliphatic heterocycles. The highest BCUT2D eigenvalue weighted by Crippen LogP contribution is 2.28. The first-order valence-corrected chi connectivity index (χ1v) is 6.37. The Balaban J connectivity index is 2.15. The molecule has 1 N–H and O–H groups in total. The van der Waals surface area contributed by atoms with Gasteiger partial charge in [-0.3, -0.25) is 4.90 Å². The molecule has 1 aromatic rings. The Morgan fingerprint density at radius 1 is 1.50 bits per heavy atom. The predicted molar refractivity (Wildman–Crippen MR) is 68.2 cm³/mol. The lowest BCUT2D eigenvalue weighted by Crippen LogP contribution is -2.39. The highest BCUT2D eigenvalue weighted by Gasteiger charge is 2.24. The van der Waals surface area contributed by atoms with E-state index in [1.807, 2.05) is 6.92 Å². The van der Waals surface area contributed by atoms with Crippen LogP contribution in [0.25, 0.3) is 0 Å². The Morgan fingerprint density at radius 2 is 2.28 bits per heavy atom. The monoisotopic (exact) mass is 253 g/mol. The third kappa shape index (κ3) is 2.82. The molecule has 4 heteroatoms. The summed E-state index contributed by atoms with van der Waals surface area (Å²) in [6, 6.07) is 4.92. The van der Waals surface area contributed by atoms with Crippen LogP contribution in [0.1, 0.15) is 31.4 Å². The van der Waals surface area contributed by atoms with Crippen molar-refractivity contribution >= 4 is 0 Å². The van der Waals surface area contributed by atoms with Gasteiger partial charge in [0, 0.05) is 24.2 Å². The summed E-state index contributed by atoms with van der Waals surface area (Å²) in [6.45, 7) is 3.50. The largest absolute Gasteiger partial charge is 0.497 e. The number of nitrogens with zero attached hydrogens (tertiary/aromatic N) is 1. The molecule has 0 spiro atoms. The molecule has 2 atom stereocenters. The van der Waals surface area contributed by atoms with E-state index in [2.05, 4.69) is 4.90 Å². The Morgan fingerprint density at radius 3 is 2.89 bits per heavy atom. The average molecular weight is 253 g/mol. The third-order valence-electron chi connectivity index (χ3n) is 3.63. The standard InChI is InChI=1S/C14H20FNO2/c1-10(16-7-3-4-11(17)9-16)13-6-5-12(18-2)8-14(13)15/h5-6,8,10-11,17H,3-4,7,9H2,1-2H3/t10-,11+/m1/s1. The lowest BCUT2D eigenvalue weighted by atomic mass is 10.0.